The van der Waals surface area contributed by atoms with Gasteiger partial charge in [-0.3, -0.25) is 9.35 Å². The van der Waals surface area contributed by atoms with Crippen LogP contribution < -0.4 is 30.1 Å². The van der Waals surface area contributed by atoms with Gasteiger partial charge >= 0.3 is 5.97 Å². The van der Waals surface area contributed by atoms with Crippen LogP contribution in [0.5, 0.6) is 11.5 Å². The van der Waals surface area contributed by atoms with Gasteiger partial charge in [-0.25, -0.2) is 17.8 Å². The van der Waals surface area contributed by atoms with Crippen LogP contribution in [-0.4, -0.2) is 92.7 Å². The second-order valence-corrected chi connectivity index (χ2v) is 18.9. The van der Waals surface area contributed by atoms with Crippen LogP contribution in [0, 0.1) is 0 Å². The van der Waals surface area contributed by atoms with Gasteiger partial charge in [-0.05, 0) is 79.3 Å². The molecule has 59 heavy (non-hydrogen) atoms. The summed E-state index contributed by atoms with van der Waals surface area (Å²) in [5.41, 5.74) is 9.70. The van der Waals surface area contributed by atoms with Crippen LogP contribution in [0.2, 0.25) is 0 Å². The third-order valence-electron chi connectivity index (χ3n) is 11.1. The Bertz CT molecular complexity index is 2770. The van der Waals surface area contributed by atoms with Crippen molar-refractivity contribution in [2.24, 2.45) is 5.11 Å². The van der Waals surface area contributed by atoms with E-state index in [-0.39, 0.29) is 22.3 Å². The van der Waals surface area contributed by atoms with Crippen molar-refractivity contribution in [1.82, 2.24) is 9.89 Å². The predicted octanol–water partition coefficient (Wildman–Crippen LogP) is 4.68. The minimum absolute atomic E-state index is 0.0930. The van der Waals surface area contributed by atoms with E-state index >= 15 is 0 Å². The quantitative estimate of drug-likeness (QED) is 0.0393. The summed E-state index contributed by atoms with van der Waals surface area (Å²) in [6, 6.07) is 11.1. The number of unbranched alkanes of at least 4 members (excludes halogenated alkanes) is 3. The number of benzene rings is 3. The number of aromatic carboxylic acids is 1. The smallest absolute Gasteiger partial charge is 0.336 e. The number of azide groups is 1. The molecular weight excluding hydrogens is 801 g/mol. The minimum atomic E-state index is -4.75. The van der Waals surface area contributed by atoms with Gasteiger partial charge in [0, 0.05) is 78.1 Å². The summed E-state index contributed by atoms with van der Waals surface area (Å²) < 4.78 is 79.8. The summed E-state index contributed by atoms with van der Waals surface area (Å²) >= 11 is 0. The van der Waals surface area contributed by atoms with Gasteiger partial charge in [0.1, 0.15) is 24.3 Å². The molecule has 0 saturated carbocycles. The summed E-state index contributed by atoms with van der Waals surface area (Å²) in [6.45, 7) is 8.23. The molecule has 1 amide bonds. The van der Waals surface area contributed by atoms with E-state index in [2.05, 4.69) is 15.3 Å². The maximum Gasteiger partial charge on any atom is 0.336 e. The van der Waals surface area contributed by atoms with Crippen molar-refractivity contribution >= 4 is 54.5 Å². The molecule has 3 aliphatic heterocycles. The Morgan fingerprint density at radius 2 is 1.61 bits per heavy atom. The average Bonchev–Trinajstić information content (AvgIpc) is 3.13. The normalized spacial score (nSPS) is 16.3. The third kappa shape index (κ3) is 9.06. The molecule has 0 radical (unpaired) electrons. The molecule has 0 spiro atoms. The first-order valence-corrected chi connectivity index (χ1v) is 22.1. The summed E-state index contributed by atoms with van der Waals surface area (Å²) in [7, 11) is -5.60. The molecule has 3 heterocycles. The Labute approximate surface area is 342 Å². The van der Waals surface area contributed by atoms with Gasteiger partial charge in [-0.1, -0.05) is 30.1 Å². The number of likely N-dealkylation sites (N-methyl/N-ethyl adjacent to an activating group) is 2. The topological polar surface area (TPSA) is 242 Å². The Hall–Kier alpha value is -5.52. The first kappa shape index (κ1) is 43.1. The number of nitrogens with zero attached hydrogens (tertiary/aromatic N) is 5. The fourth-order valence-electron chi connectivity index (χ4n) is 7.86. The SMILES string of the molecule is CN1c2cc3c(cc2C(CS(=O)(=O)[O-])=CC1(C)C)C(c1ccc(C(=O)NCCCCCCN=[N+]=[N-])cc1C(=O)O)=c1cc2c(cc1O3)=[N+](C)C(C)(C)C=C2CS(=O)(=O)O. The number of fused-ring (bicyclic) bond motifs is 4. The molecule has 0 unspecified atom stereocenters. The predicted molar refractivity (Wildman–Crippen MR) is 223 cm³/mol. The molecule has 0 atom stereocenters. The number of carbonyl (C=O) groups excluding carboxylic acids is 1. The van der Waals surface area contributed by atoms with Crippen LogP contribution in [0.15, 0.2) is 59.7 Å². The molecule has 0 bridgehead atoms. The first-order valence-electron chi connectivity index (χ1n) is 18.9. The maximum atomic E-state index is 13.3. The number of carboxylic acids is 1. The van der Waals surface area contributed by atoms with Crippen LogP contribution in [0.25, 0.3) is 27.2 Å². The zero-order chi connectivity index (χ0) is 43.2. The minimum Gasteiger partial charge on any atom is -0.748 e. The van der Waals surface area contributed by atoms with Crippen LogP contribution in [0.1, 0.15) is 96.3 Å². The molecule has 6 rings (SSSR count). The van der Waals surface area contributed by atoms with Crippen LogP contribution in [0.3, 0.4) is 0 Å². The number of hydrogen-bond donors (Lipinski definition) is 3. The molecule has 16 nitrogen and oxygen atoms in total. The largest absolute Gasteiger partial charge is 0.748 e. The Morgan fingerprint density at radius 3 is 2.27 bits per heavy atom. The fourth-order valence-corrected chi connectivity index (χ4v) is 9.11. The van der Waals surface area contributed by atoms with Crippen LogP contribution in [0.4, 0.5) is 5.69 Å². The standard InChI is InChI=1S/C41H46N6O10S2/c1-40(2)20-25(22-58(51,52)53)28-16-31-35(18-33(28)46(40)5)57-36-19-34-29(26(23-59(54,55)56)21-41(3,4)47(34)6)17-32(36)37(31)27-12-11-24(15-30(27)39(49)50)38(48)43-13-9-7-8-10-14-44-45-42/h11-12,15-21H,7-10,13-14,22-23H2,1-6H3,(H3-,43,48,49,50,51,52,53,54,55,56). The molecule has 312 valence electrons. The monoisotopic (exact) mass is 846 g/mol. The lowest BCUT2D eigenvalue weighted by Crippen LogP contribution is -2.47. The molecule has 3 N–H and O–H groups in total. The Balaban J connectivity index is 1.59. The summed E-state index contributed by atoms with van der Waals surface area (Å²) in [6.07, 6.45) is 6.41. The second-order valence-electron chi connectivity index (χ2n) is 16.1. The van der Waals surface area contributed by atoms with E-state index in [1.54, 1.807) is 36.4 Å². The molecule has 0 saturated heterocycles. The zero-order valence-corrected chi connectivity index (χ0v) is 35.2. The average molecular weight is 847 g/mol. The van der Waals surface area contributed by atoms with E-state index < -0.39 is 54.7 Å². The lowest BCUT2D eigenvalue weighted by Gasteiger charge is -2.42. The van der Waals surface area contributed by atoms with Gasteiger partial charge < -0.3 is 24.6 Å². The number of hydrogen-bond acceptors (Lipinski definition) is 10. The van der Waals surface area contributed by atoms with E-state index in [9.17, 15) is 40.6 Å². The molecule has 18 heteroatoms. The molecule has 0 aliphatic carbocycles. The number of anilines is 1. The van der Waals surface area contributed by atoms with Crippen molar-refractivity contribution in [3.8, 4) is 11.5 Å². The highest BCUT2D eigenvalue weighted by Gasteiger charge is 2.37. The van der Waals surface area contributed by atoms with E-state index in [1.807, 2.05) is 51.3 Å². The molecule has 0 aromatic heterocycles. The summed E-state index contributed by atoms with van der Waals surface area (Å²) in [5.74, 6) is -2.74. The van der Waals surface area contributed by atoms with Crippen molar-refractivity contribution in [3.63, 3.8) is 0 Å². The number of amides is 1. The highest BCUT2D eigenvalue weighted by Crippen LogP contribution is 2.46. The van der Waals surface area contributed by atoms with Crippen molar-refractivity contribution in [3.05, 3.63) is 109 Å². The summed E-state index contributed by atoms with van der Waals surface area (Å²) in [5, 5.41) is 18.0. The highest BCUT2D eigenvalue weighted by atomic mass is 32.2. The number of ether oxygens (including phenoxy) is 1. The maximum absolute atomic E-state index is 13.3. The zero-order valence-electron chi connectivity index (χ0n) is 33.6. The van der Waals surface area contributed by atoms with E-state index in [0.717, 1.165) is 19.3 Å². The molecule has 3 aromatic rings. The van der Waals surface area contributed by atoms with E-state index in [0.29, 0.717) is 75.1 Å². The highest BCUT2D eigenvalue weighted by molar-refractivity contribution is 7.86. The van der Waals surface area contributed by atoms with Gasteiger partial charge in [-0.15, -0.1) is 0 Å². The van der Waals surface area contributed by atoms with Crippen molar-refractivity contribution in [1.29, 1.82) is 0 Å². The van der Waals surface area contributed by atoms with Gasteiger partial charge in [-0.2, -0.15) is 8.42 Å². The van der Waals surface area contributed by atoms with Gasteiger partial charge in [0.2, 0.25) is 5.36 Å². The molecule has 0 fully saturated rings. The van der Waals surface area contributed by atoms with Crippen molar-refractivity contribution in [2.45, 2.75) is 64.5 Å². The number of nitrogens with one attached hydrogen (secondary N) is 1. The lowest BCUT2D eigenvalue weighted by molar-refractivity contribution is 0.0696. The molecule has 3 aliphatic rings. The van der Waals surface area contributed by atoms with Gasteiger partial charge in [0.15, 0.2) is 5.54 Å². The van der Waals surface area contributed by atoms with Crippen LogP contribution in [-0.2, 0) is 20.2 Å². The first-order chi connectivity index (χ1) is 27.5. The molecular formula is C41H46N6O10S2. The fraction of sp³-hybridized carbons (Fsp3) is 0.390. The van der Waals surface area contributed by atoms with Crippen LogP contribution >= 0.6 is 0 Å². The van der Waals surface area contributed by atoms with Crippen molar-refractivity contribution < 1.29 is 45.4 Å². The summed E-state index contributed by atoms with van der Waals surface area (Å²) in [4.78, 5) is 31.1. The number of rotatable bonds is 14. The van der Waals surface area contributed by atoms with Gasteiger partial charge in [0.05, 0.1) is 38.6 Å². The van der Waals surface area contributed by atoms with E-state index in [4.69, 9.17) is 10.3 Å². The third-order valence-corrected chi connectivity index (χ3v) is 12.5. The van der Waals surface area contributed by atoms with Gasteiger partial charge in [0.25, 0.3) is 16.0 Å². The Morgan fingerprint density at radius 1 is 0.915 bits per heavy atom. The Kier molecular flexibility index (Phi) is 11.6. The van der Waals surface area contributed by atoms with E-state index in [1.165, 1.54) is 18.2 Å². The molecule has 3 aromatic carbocycles. The lowest BCUT2D eigenvalue weighted by atomic mass is 9.83. The number of carboxylic acid groups (broad SMARTS) is 1. The number of carbonyl (C=O) groups is 2. The second kappa shape index (κ2) is 15.9. The van der Waals surface area contributed by atoms with Crippen molar-refractivity contribution in [2.75, 3.05) is 43.6 Å².